The number of nitrogens with one attached hydrogen (secondary N) is 1. The van der Waals surface area contributed by atoms with Crippen molar-refractivity contribution in [1.82, 2.24) is 10.2 Å². The first-order valence-electron chi connectivity index (χ1n) is 6.21. The molecule has 1 fully saturated rings. The van der Waals surface area contributed by atoms with Gasteiger partial charge in [0.1, 0.15) is 0 Å². The van der Waals surface area contributed by atoms with E-state index in [0.717, 1.165) is 5.92 Å². The van der Waals surface area contributed by atoms with Crippen LogP contribution in [0.4, 0.5) is 0 Å². The Labute approximate surface area is 99.2 Å². The summed E-state index contributed by atoms with van der Waals surface area (Å²) < 4.78 is 0. The largest absolute Gasteiger partial charge is 0.317 e. The fourth-order valence-electron chi connectivity index (χ4n) is 2.18. The van der Waals surface area contributed by atoms with Crippen molar-refractivity contribution in [3.05, 3.63) is 0 Å². The smallest absolute Gasteiger partial charge is 0.00692 e. The molecule has 90 valence electrons. The van der Waals surface area contributed by atoms with Crippen LogP contribution in [0.2, 0.25) is 0 Å². The first kappa shape index (κ1) is 13.3. The standard InChI is InChI=1S/C12H26N2S/c1-14(10-11-15-2)9-3-4-12-5-7-13-8-6-12/h12-13H,3-11H2,1-2H3. The minimum Gasteiger partial charge on any atom is -0.317 e. The van der Waals surface area contributed by atoms with Crippen molar-refractivity contribution in [2.45, 2.75) is 25.7 Å². The molecule has 2 nitrogen and oxygen atoms in total. The van der Waals surface area contributed by atoms with Crippen LogP contribution in [0.15, 0.2) is 0 Å². The van der Waals surface area contributed by atoms with Crippen LogP contribution in [0.5, 0.6) is 0 Å². The van der Waals surface area contributed by atoms with Gasteiger partial charge in [-0.3, -0.25) is 0 Å². The molecule has 1 aliphatic heterocycles. The number of piperidine rings is 1. The SMILES string of the molecule is CSCCN(C)CCCC1CCNCC1. The molecular weight excluding hydrogens is 204 g/mol. The van der Waals surface area contributed by atoms with E-state index in [-0.39, 0.29) is 0 Å². The van der Waals surface area contributed by atoms with Crippen LogP contribution >= 0.6 is 11.8 Å². The summed E-state index contributed by atoms with van der Waals surface area (Å²) in [6, 6.07) is 0. The number of thioether (sulfide) groups is 1. The zero-order valence-electron chi connectivity index (χ0n) is 10.3. The van der Waals surface area contributed by atoms with E-state index < -0.39 is 0 Å². The number of hydrogen-bond acceptors (Lipinski definition) is 3. The normalized spacial score (nSPS) is 18.6. The maximum Gasteiger partial charge on any atom is 0.00692 e. The highest BCUT2D eigenvalue weighted by atomic mass is 32.2. The van der Waals surface area contributed by atoms with E-state index in [2.05, 4.69) is 23.5 Å². The van der Waals surface area contributed by atoms with Crippen LogP contribution < -0.4 is 5.32 Å². The predicted octanol–water partition coefficient (Wildman–Crippen LogP) is 2.06. The van der Waals surface area contributed by atoms with Gasteiger partial charge in [-0.15, -0.1) is 0 Å². The molecule has 0 amide bonds. The third kappa shape index (κ3) is 6.44. The lowest BCUT2D eigenvalue weighted by Gasteiger charge is -2.23. The van der Waals surface area contributed by atoms with Crippen LogP contribution in [0, 0.1) is 5.92 Å². The molecule has 1 aliphatic rings. The summed E-state index contributed by atoms with van der Waals surface area (Å²) in [7, 11) is 2.25. The third-order valence-corrected chi connectivity index (χ3v) is 3.88. The molecule has 1 N–H and O–H groups in total. The van der Waals surface area contributed by atoms with Crippen LogP contribution in [0.3, 0.4) is 0 Å². The second-order valence-corrected chi connectivity index (χ2v) is 5.62. The summed E-state index contributed by atoms with van der Waals surface area (Å²) in [5.41, 5.74) is 0. The molecule has 0 spiro atoms. The lowest BCUT2D eigenvalue weighted by Crippen LogP contribution is -2.28. The second-order valence-electron chi connectivity index (χ2n) is 4.63. The van der Waals surface area contributed by atoms with Gasteiger partial charge in [0, 0.05) is 12.3 Å². The Hall–Kier alpha value is 0.270. The average molecular weight is 230 g/mol. The van der Waals surface area contributed by atoms with Crippen LogP contribution in [0.25, 0.3) is 0 Å². The number of hydrogen-bond donors (Lipinski definition) is 1. The van der Waals surface area contributed by atoms with Gasteiger partial charge >= 0.3 is 0 Å². The summed E-state index contributed by atoms with van der Waals surface area (Å²) >= 11 is 1.94. The Balaban J connectivity index is 1.94. The molecule has 15 heavy (non-hydrogen) atoms. The minimum absolute atomic E-state index is 1.00. The summed E-state index contributed by atoms with van der Waals surface area (Å²) in [5.74, 6) is 2.27. The Morgan fingerprint density at radius 2 is 2.00 bits per heavy atom. The summed E-state index contributed by atoms with van der Waals surface area (Å²) in [5, 5.41) is 3.43. The van der Waals surface area contributed by atoms with Gasteiger partial charge in [0.05, 0.1) is 0 Å². The van der Waals surface area contributed by atoms with Crippen molar-refractivity contribution in [3.63, 3.8) is 0 Å². The monoisotopic (exact) mass is 230 g/mol. The zero-order chi connectivity index (χ0) is 10.9. The summed E-state index contributed by atoms with van der Waals surface area (Å²) in [6.07, 6.45) is 7.80. The minimum atomic E-state index is 1.00. The fraction of sp³-hybridized carbons (Fsp3) is 1.00. The van der Waals surface area contributed by atoms with Crippen LogP contribution in [0.1, 0.15) is 25.7 Å². The molecule has 0 aromatic carbocycles. The van der Waals surface area contributed by atoms with Crippen molar-refractivity contribution in [2.75, 3.05) is 45.2 Å². The summed E-state index contributed by atoms with van der Waals surface area (Å²) in [4.78, 5) is 2.47. The Kier molecular flexibility index (Phi) is 7.49. The van der Waals surface area contributed by atoms with Crippen molar-refractivity contribution in [1.29, 1.82) is 0 Å². The van der Waals surface area contributed by atoms with E-state index >= 15 is 0 Å². The Morgan fingerprint density at radius 3 is 2.67 bits per heavy atom. The first-order chi connectivity index (χ1) is 7.33. The number of rotatable bonds is 7. The highest BCUT2D eigenvalue weighted by molar-refractivity contribution is 7.98. The average Bonchev–Trinajstić information content (AvgIpc) is 2.28. The van der Waals surface area contributed by atoms with Crippen molar-refractivity contribution in [3.8, 4) is 0 Å². The third-order valence-electron chi connectivity index (χ3n) is 3.29. The maximum atomic E-state index is 3.43. The lowest BCUT2D eigenvalue weighted by atomic mass is 9.93. The van der Waals surface area contributed by atoms with Crippen LogP contribution in [-0.2, 0) is 0 Å². The van der Waals surface area contributed by atoms with E-state index in [0.29, 0.717) is 0 Å². The molecule has 0 aromatic rings. The molecular formula is C12H26N2S. The molecule has 0 atom stereocenters. The highest BCUT2D eigenvalue weighted by Crippen LogP contribution is 2.17. The van der Waals surface area contributed by atoms with Gasteiger partial charge in [0.25, 0.3) is 0 Å². The molecule has 1 rings (SSSR count). The number of nitrogens with zero attached hydrogens (tertiary/aromatic N) is 1. The molecule has 3 heteroatoms. The van der Waals surface area contributed by atoms with Gasteiger partial charge in [0.15, 0.2) is 0 Å². The lowest BCUT2D eigenvalue weighted by molar-refractivity contribution is 0.300. The Bertz CT molecular complexity index is 147. The van der Waals surface area contributed by atoms with E-state index in [1.54, 1.807) is 0 Å². The Morgan fingerprint density at radius 1 is 1.27 bits per heavy atom. The molecule has 0 radical (unpaired) electrons. The van der Waals surface area contributed by atoms with Crippen molar-refractivity contribution < 1.29 is 0 Å². The maximum absolute atomic E-state index is 3.43. The van der Waals surface area contributed by atoms with Gasteiger partial charge in [-0.1, -0.05) is 0 Å². The van der Waals surface area contributed by atoms with Gasteiger partial charge in [0.2, 0.25) is 0 Å². The van der Waals surface area contributed by atoms with Gasteiger partial charge in [-0.05, 0) is 64.5 Å². The van der Waals surface area contributed by atoms with Crippen molar-refractivity contribution >= 4 is 11.8 Å². The first-order valence-corrected chi connectivity index (χ1v) is 7.60. The van der Waals surface area contributed by atoms with E-state index in [9.17, 15) is 0 Å². The molecule has 0 unspecified atom stereocenters. The van der Waals surface area contributed by atoms with Gasteiger partial charge in [-0.2, -0.15) is 11.8 Å². The summed E-state index contributed by atoms with van der Waals surface area (Å²) in [6.45, 7) is 5.01. The van der Waals surface area contributed by atoms with Gasteiger partial charge in [-0.25, -0.2) is 0 Å². The highest BCUT2D eigenvalue weighted by Gasteiger charge is 2.12. The fourth-order valence-corrected chi connectivity index (χ4v) is 2.67. The molecule has 0 bridgehead atoms. The van der Waals surface area contributed by atoms with E-state index in [1.807, 2.05) is 11.8 Å². The topological polar surface area (TPSA) is 15.3 Å². The predicted molar refractivity (Wildman–Crippen MR) is 70.7 cm³/mol. The van der Waals surface area contributed by atoms with E-state index in [1.165, 1.54) is 57.6 Å². The van der Waals surface area contributed by atoms with Crippen molar-refractivity contribution in [2.24, 2.45) is 5.92 Å². The van der Waals surface area contributed by atoms with E-state index in [4.69, 9.17) is 0 Å². The second kappa shape index (κ2) is 8.43. The molecule has 0 aliphatic carbocycles. The molecule has 0 saturated carbocycles. The van der Waals surface area contributed by atoms with Gasteiger partial charge < -0.3 is 10.2 Å². The van der Waals surface area contributed by atoms with Crippen LogP contribution in [-0.4, -0.2) is 50.1 Å². The zero-order valence-corrected chi connectivity index (χ0v) is 11.1. The quantitative estimate of drug-likeness (QED) is 0.721. The molecule has 1 heterocycles. The molecule has 1 saturated heterocycles. The molecule has 0 aromatic heterocycles.